The Morgan fingerprint density at radius 1 is 1.14 bits per heavy atom. The van der Waals surface area contributed by atoms with Gasteiger partial charge in [0.05, 0.1) is 11.3 Å². The summed E-state index contributed by atoms with van der Waals surface area (Å²) in [6.45, 7) is 3.62. The van der Waals surface area contributed by atoms with Crippen molar-refractivity contribution in [2.45, 2.75) is 32.9 Å². The van der Waals surface area contributed by atoms with Gasteiger partial charge < -0.3 is 5.73 Å². The molecule has 21 heavy (non-hydrogen) atoms. The number of nitrogens with zero attached hydrogens (tertiary/aromatic N) is 2. The normalized spacial score (nSPS) is 11.7. The quantitative estimate of drug-likeness (QED) is 0.931. The van der Waals surface area contributed by atoms with E-state index in [1.54, 1.807) is 13.0 Å². The summed E-state index contributed by atoms with van der Waals surface area (Å²) < 4.78 is 38.1. The molecule has 1 aromatic carbocycles. The van der Waals surface area contributed by atoms with Gasteiger partial charge in [0, 0.05) is 18.1 Å². The maximum Gasteiger partial charge on any atom is 0.416 e. The molecule has 0 amide bonds. The van der Waals surface area contributed by atoms with Gasteiger partial charge in [-0.25, -0.2) is 9.97 Å². The molecule has 3 nitrogen and oxygen atoms in total. The molecule has 0 spiro atoms. The molecule has 0 saturated heterocycles. The van der Waals surface area contributed by atoms with E-state index in [0.717, 1.165) is 18.6 Å². The Morgan fingerprint density at radius 3 is 2.43 bits per heavy atom. The largest absolute Gasteiger partial charge is 0.416 e. The third-order valence-electron chi connectivity index (χ3n) is 3.10. The van der Waals surface area contributed by atoms with Gasteiger partial charge in [-0.1, -0.05) is 13.0 Å². The molecular weight excluding hydrogens is 279 g/mol. The van der Waals surface area contributed by atoms with Crippen LogP contribution in [0.1, 0.15) is 30.3 Å². The Labute approximate surface area is 121 Å². The highest BCUT2D eigenvalue weighted by atomic mass is 19.4. The summed E-state index contributed by atoms with van der Waals surface area (Å²) in [5.41, 5.74) is 6.77. The minimum atomic E-state index is -4.35. The van der Waals surface area contributed by atoms with Crippen molar-refractivity contribution in [2.24, 2.45) is 0 Å². The molecule has 2 rings (SSSR count). The fraction of sp³-hybridized carbons (Fsp3) is 0.333. The Kier molecular flexibility index (Phi) is 4.16. The second-order valence-electron chi connectivity index (χ2n) is 4.87. The monoisotopic (exact) mass is 295 g/mol. The lowest BCUT2D eigenvalue weighted by molar-refractivity contribution is -0.137. The van der Waals surface area contributed by atoms with Crippen LogP contribution in [0.2, 0.25) is 0 Å². The lowest BCUT2D eigenvalue weighted by Crippen LogP contribution is -2.06. The number of rotatable bonds is 3. The summed E-state index contributed by atoms with van der Waals surface area (Å²) in [5, 5.41) is 0. The Balaban J connectivity index is 2.47. The molecule has 0 unspecified atom stereocenters. The predicted octanol–water partition coefficient (Wildman–Crippen LogP) is 4.01. The summed E-state index contributed by atoms with van der Waals surface area (Å²) in [5.74, 6) is 0.926. The van der Waals surface area contributed by atoms with Crippen molar-refractivity contribution in [1.82, 2.24) is 9.97 Å². The number of benzene rings is 1. The van der Waals surface area contributed by atoms with E-state index < -0.39 is 11.7 Å². The van der Waals surface area contributed by atoms with Gasteiger partial charge in [-0.15, -0.1) is 0 Å². The lowest BCUT2D eigenvalue weighted by Gasteiger charge is -2.12. The van der Waals surface area contributed by atoms with Gasteiger partial charge in [-0.3, -0.25) is 0 Å². The summed E-state index contributed by atoms with van der Waals surface area (Å²) in [4.78, 5) is 8.50. The van der Waals surface area contributed by atoms with Crippen molar-refractivity contribution < 1.29 is 13.2 Å². The Hall–Kier alpha value is -2.11. The second kappa shape index (κ2) is 5.71. The highest BCUT2D eigenvalue weighted by molar-refractivity contribution is 5.66. The number of hydrogen-bond acceptors (Lipinski definition) is 3. The number of hydrogen-bond donors (Lipinski definition) is 1. The zero-order chi connectivity index (χ0) is 15.6. The molecule has 0 aliphatic rings. The maximum atomic E-state index is 12.7. The van der Waals surface area contributed by atoms with Crippen LogP contribution in [0.5, 0.6) is 0 Å². The van der Waals surface area contributed by atoms with Crippen molar-refractivity contribution in [2.75, 3.05) is 5.73 Å². The highest BCUT2D eigenvalue weighted by Gasteiger charge is 2.30. The third-order valence-corrected chi connectivity index (χ3v) is 3.10. The molecule has 0 aliphatic heterocycles. The van der Waals surface area contributed by atoms with Gasteiger partial charge in [0.25, 0.3) is 0 Å². The van der Waals surface area contributed by atoms with Gasteiger partial charge >= 0.3 is 6.18 Å². The zero-order valence-electron chi connectivity index (χ0n) is 11.8. The molecule has 0 saturated carbocycles. The molecule has 0 aliphatic carbocycles. The summed E-state index contributed by atoms with van der Waals surface area (Å²) in [6, 6.07) is 5.18. The molecule has 0 fully saturated rings. The van der Waals surface area contributed by atoms with Crippen LogP contribution >= 0.6 is 0 Å². The minimum absolute atomic E-state index is 0.322. The van der Waals surface area contributed by atoms with Crippen molar-refractivity contribution in [3.8, 4) is 11.3 Å². The van der Waals surface area contributed by atoms with Crippen molar-refractivity contribution in [3.63, 3.8) is 0 Å². The first kappa shape index (κ1) is 15.3. The van der Waals surface area contributed by atoms with Gasteiger partial charge in [0.2, 0.25) is 0 Å². The molecule has 0 radical (unpaired) electrons. The summed E-state index contributed by atoms with van der Waals surface area (Å²) >= 11 is 0. The van der Waals surface area contributed by atoms with Crippen LogP contribution in [0.25, 0.3) is 11.3 Å². The molecule has 0 bridgehead atoms. The van der Waals surface area contributed by atoms with Crippen molar-refractivity contribution >= 4 is 5.82 Å². The predicted molar refractivity (Wildman–Crippen MR) is 75.6 cm³/mol. The smallest absolute Gasteiger partial charge is 0.384 e. The van der Waals surface area contributed by atoms with Crippen molar-refractivity contribution in [1.29, 1.82) is 0 Å². The number of nitrogen functional groups attached to an aromatic ring is 1. The summed E-state index contributed by atoms with van der Waals surface area (Å²) in [7, 11) is 0. The molecular formula is C15H16F3N3. The number of aromatic nitrogens is 2. The lowest BCUT2D eigenvalue weighted by atomic mass is 10.0. The maximum absolute atomic E-state index is 12.7. The van der Waals surface area contributed by atoms with Crippen LogP contribution in [0, 0.1) is 6.92 Å². The average molecular weight is 295 g/mol. The van der Waals surface area contributed by atoms with Crippen molar-refractivity contribution in [3.05, 3.63) is 41.2 Å². The van der Waals surface area contributed by atoms with Gasteiger partial charge in [-0.05, 0) is 31.0 Å². The van der Waals surface area contributed by atoms with E-state index in [0.29, 0.717) is 34.9 Å². The Bertz CT molecular complexity index is 651. The second-order valence-corrected chi connectivity index (χ2v) is 4.87. The first-order valence-corrected chi connectivity index (χ1v) is 6.63. The SMILES string of the molecule is CCCc1nc(N)cc(-c2ccc(C(F)(F)F)cc2C)n1. The fourth-order valence-electron chi connectivity index (χ4n) is 2.12. The fourth-order valence-corrected chi connectivity index (χ4v) is 2.12. The zero-order valence-corrected chi connectivity index (χ0v) is 11.8. The van der Waals surface area contributed by atoms with E-state index in [1.807, 2.05) is 6.92 Å². The molecule has 112 valence electrons. The standard InChI is InChI=1S/C15H16F3N3/c1-3-4-14-20-12(8-13(19)21-14)11-6-5-10(7-9(11)2)15(16,17)18/h5-8H,3-4H2,1-2H3,(H2,19,20,21). The van der Waals surface area contributed by atoms with E-state index in [9.17, 15) is 13.2 Å². The average Bonchev–Trinajstić information content (AvgIpc) is 2.37. The topological polar surface area (TPSA) is 51.8 Å². The Morgan fingerprint density at radius 2 is 1.86 bits per heavy atom. The van der Waals surface area contributed by atoms with Crippen LogP contribution in [0.3, 0.4) is 0 Å². The number of halogens is 3. The molecule has 2 aromatic rings. The van der Waals surface area contributed by atoms with Crippen LogP contribution in [-0.4, -0.2) is 9.97 Å². The third kappa shape index (κ3) is 3.51. The molecule has 2 N–H and O–H groups in total. The van der Waals surface area contributed by atoms with E-state index in [2.05, 4.69) is 9.97 Å². The minimum Gasteiger partial charge on any atom is -0.384 e. The van der Waals surface area contributed by atoms with Gasteiger partial charge in [0.15, 0.2) is 0 Å². The number of alkyl halides is 3. The first-order valence-electron chi connectivity index (χ1n) is 6.63. The van der Waals surface area contributed by atoms with Crippen LogP contribution in [-0.2, 0) is 12.6 Å². The molecule has 6 heteroatoms. The highest BCUT2D eigenvalue weighted by Crippen LogP contribution is 2.32. The summed E-state index contributed by atoms with van der Waals surface area (Å²) in [6.07, 6.45) is -2.80. The van der Waals surface area contributed by atoms with E-state index >= 15 is 0 Å². The molecule has 1 aromatic heterocycles. The van der Waals surface area contributed by atoms with Crippen LogP contribution in [0.4, 0.5) is 19.0 Å². The number of anilines is 1. The molecule has 1 heterocycles. The number of nitrogens with two attached hydrogens (primary N) is 1. The van der Waals surface area contributed by atoms with E-state index in [1.165, 1.54) is 6.07 Å². The van der Waals surface area contributed by atoms with E-state index in [-0.39, 0.29) is 0 Å². The van der Waals surface area contributed by atoms with Gasteiger partial charge in [0.1, 0.15) is 11.6 Å². The molecule has 0 atom stereocenters. The van der Waals surface area contributed by atoms with E-state index in [4.69, 9.17) is 5.73 Å². The van der Waals surface area contributed by atoms with Crippen LogP contribution in [0.15, 0.2) is 24.3 Å². The van der Waals surface area contributed by atoms with Gasteiger partial charge in [-0.2, -0.15) is 13.2 Å². The number of aryl methyl sites for hydroxylation is 2. The van der Waals surface area contributed by atoms with Crippen LogP contribution < -0.4 is 5.73 Å². The first-order chi connectivity index (χ1) is 9.81.